The van der Waals surface area contributed by atoms with Gasteiger partial charge >= 0.3 is 0 Å². The molecule has 0 aliphatic carbocycles. The van der Waals surface area contributed by atoms with Gasteiger partial charge < -0.3 is 4.42 Å². The molecule has 23 heavy (non-hydrogen) atoms. The van der Waals surface area contributed by atoms with Crippen LogP contribution in [0.3, 0.4) is 0 Å². The smallest absolute Gasteiger partial charge is 0.135 e. The third kappa shape index (κ3) is 2.17. The first kappa shape index (κ1) is 13.8. The van der Waals surface area contributed by atoms with Crippen LogP contribution in [0.5, 0.6) is 0 Å². The third-order valence-corrected chi connectivity index (χ3v) is 4.45. The van der Waals surface area contributed by atoms with Crippen molar-refractivity contribution in [1.29, 1.82) is 0 Å². The van der Waals surface area contributed by atoms with Crippen LogP contribution in [-0.2, 0) is 0 Å². The van der Waals surface area contributed by atoms with E-state index >= 15 is 0 Å². The molecule has 4 aromatic rings. The Labute approximate surface area is 135 Å². The van der Waals surface area contributed by atoms with E-state index in [1.807, 2.05) is 0 Å². The zero-order valence-electron chi connectivity index (χ0n) is 13.4. The van der Waals surface area contributed by atoms with Gasteiger partial charge in [0, 0.05) is 10.9 Å². The minimum atomic E-state index is 0.910. The Hall–Kier alpha value is -2.80. The lowest BCUT2D eigenvalue weighted by Crippen LogP contribution is -2.22. The highest BCUT2D eigenvalue weighted by atomic mass is 16.3. The average Bonchev–Trinajstić information content (AvgIpc) is 2.99. The first-order chi connectivity index (χ1) is 11.2. The topological polar surface area (TPSA) is 13.1 Å². The molecule has 0 bridgehead atoms. The number of benzene rings is 3. The average molecular weight is 298 g/mol. The molecule has 0 atom stereocenters. The lowest BCUT2D eigenvalue weighted by atomic mass is 10.0. The van der Waals surface area contributed by atoms with Crippen LogP contribution in [0.2, 0.25) is 0 Å². The largest absolute Gasteiger partial charge is 0.456 e. The number of rotatable bonds is 1. The van der Waals surface area contributed by atoms with E-state index in [4.69, 9.17) is 4.42 Å². The molecular formula is C22H18O. The highest BCUT2D eigenvalue weighted by Crippen LogP contribution is 2.31. The van der Waals surface area contributed by atoms with Crippen LogP contribution in [0.15, 0.2) is 59.0 Å². The fourth-order valence-corrected chi connectivity index (χ4v) is 3.20. The van der Waals surface area contributed by atoms with Gasteiger partial charge in [0.25, 0.3) is 0 Å². The van der Waals surface area contributed by atoms with Gasteiger partial charge in [-0.05, 0) is 47.2 Å². The van der Waals surface area contributed by atoms with E-state index < -0.39 is 0 Å². The van der Waals surface area contributed by atoms with Crippen molar-refractivity contribution >= 4 is 34.4 Å². The van der Waals surface area contributed by atoms with Gasteiger partial charge in [-0.3, -0.25) is 0 Å². The van der Waals surface area contributed by atoms with Crippen molar-refractivity contribution < 1.29 is 4.42 Å². The van der Waals surface area contributed by atoms with Crippen molar-refractivity contribution in [3.05, 3.63) is 70.6 Å². The van der Waals surface area contributed by atoms with E-state index in [2.05, 4.69) is 81.1 Å². The Morgan fingerprint density at radius 3 is 2.35 bits per heavy atom. The minimum absolute atomic E-state index is 0.910. The first-order valence-electron chi connectivity index (χ1n) is 7.85. The van der Waals surface area contributed by atoms with Gasteiger partial charge in [-0.1, -0.05) is 60.7 Å². The van der Waals surface area contributed by atoms with Gasteiger partial charge in [-0.25, -0.2) is 0 Å². The Kier molecular flexibility index (Phi) is 3.09. The molecule has 1 aromatic heterocycles. The molecule has 0 radical (unpaired) electrons. The Bertz CT molecular complexity index is 1130. The summed E-state index contributed by atoms with van der Waals surface area (Å²) in [4.78, 5) is 0. The highest BCUT2D eigenvalue weighted by Gasteiger charge is 2.09. The van der Waals surface area contributed by atoms with E-state index in [-0.39, 0.29) is 0 Å². The second kappa shape index (κ2) is 5.13. The van der Waals surface area contributed by atoms with Gasteiger partial charge in [0.15, 0.2) is 0 Å². The van der Waals surface area contributed by atoms with Crippen LogP contribution in [0, 0.1) is 6.92 Å². The molecule has 112 valence electrons. The number of furan rings is 1. The summed E-state index contributed by atoms with van der Waals surface area (Å²) in [6.07, 6.45) is 2.12. The molecule has 1 heteroatoms. The molecule has 0 N–H and O–H groups in total. The molecule has 0 saturated heterocycles. The van der Waals surface area contributed by atoms with Crippen molar-refractivity contribution in [3.63, 3.8) is 0 Å². The van der Waals surface area contributed by atoms with Crippen molar-refractivity contribution in [2.75, 3.05) is 0 Å². The van der Waals surface area contributed by atoms with E-state index in [1.165, 1.54) is 21.6 Å². The highest BCUT2D eigenvalue weighted by molar-refractivity contribution is 6.07. The molecule has 3 aromatic carbocycles. The van der Waals surface area contributed by atoms with Crippen molar-refractivity contribution in [2.24, 2.45) is 0 Å². The van der Waals surface area contributed by atoms with Gasteiger partial charge in [0.2, 0.25) is 0 Å². The second-order valence-electron chi connectivity index (χ2n) is 5.98. The maximum absolute atomic E-state index is 6.08. The fraction of sp³-hybridized carbons (Fsp3) is 0.0909. The summed E-state index contributed by atoms with van der Waals surface area (Å²) in [5.74, 6) is 0.910. The number of hydrogen-bond acceptors (Lipinski definition) is 1. The van der Waals surface area contributed by atoms with Crippen molar-refractivity contribution in [3.8, 4) is 11.3 Å². The Balaban J connectivity index is 2.04. The molecule has 0 fully saturated rings. The Morgan fingerprint density at radius 1 is 0.870 bits per heavy atom. The molecule has 0 amide bonds. The molecule has 4 rings (SSSR count). The van der Waals surface area contributed by atoms with Crippen LogP contribution >= 0.6 is 0 Å². The van der Waals surface area contributed by atoms with Gasteiger partial charge in [-0.2, -0.15) is 0 Å². The minimum Gasteiger partial charge on any atom is -0.456 e. The third-order valence-electron chi connectivity index (χ3n) is 4.45. The molecule has 0 aliphatic heterocycles. The van der Waals surface area contributed by atoms with Gasteiger partial charge in [-0.15, -0.1) is 0 Å². The summed E-state index contributed by atoms with van der Waals surface area (Å²) in [5, 5.41) is 5.85. The van der Waals surface area contributed by atoms with E-state index in [1.54, 1.807) is 0 Å². The number of aryl methyl sites for hydroxylation is 1. The predicted molar refractivity (Wildman–Crippen MR) is 98.8 cm³/mol. The quantitative estimate of drug-likeness (QED) is 0.493. The van der Waals surface area contributed by atoms with E-state index in [0.29, 0.717) is 0 Å². The normalized spacial score (nSPS) is 12.3. The van der Waals surface area contributed by atoms with Crippen LogP contribution in [0.1, 0.15) is 12.5 Å². The van der Waals surface area contributed by atoms with Crippen molar-refractivity contribution in [2.45, 2.75) is 13.8 Å². The zero-order valence-corrected chi connectivity index (χ0v) is 13.4. The molecule has 1 heterocycles. The van der Waals surface area contributed by atoms with Crippen LogP contribution in [-0.4, -0.2) is 0 Å². The molecule has 0 unspecified atom stereocenters. The van der Waals surface area contributed by atoms with Crippen LogP contribution in [0.4, 0.5) is 0 Å². The lowest BCUT2D eigenvalue weighted by Gasteiger charge is -2.00. The maximum atomic E-state index is 6.08. The van der Waals surface area contributed by atoms with E-state index in [9.17, 15) is 0 Å². The summed E-state index contributed by atoms with van der Waals surface area (Å²) < 4.78 is 6.08. The van der Waals surface area contributed by atoms with Crippen LogP contribution in [0.25, 0.3) is 45.7 Å². The standard InChI is InChI=1S/C22H18O/c1-4-17-15(3)7-10-19-18(17)11-12-21-20(19)13-22(23-21)16-8-5-14(2)6-9-16/h4-13H,3H2,1-2H3/b17-4+. The first-order valence-corrected chi connectivity index (χ1v) is 7.85. The SMILES string of the molecule is C=c1ccc2c(ccc3oc(-c4ccc(C)cc4)cc32)/c1=C/C. The number of fused-ring (bicyclic) bond motifs is 3. The molecule has 1 nitrogen and oxygen atoms in total. The maximum Gasteiger partial charge on any atom is 0.135 e. The second-order valence-corrected chi connectivity index (χ2v) is 5.98. The summed E-state index contributed by atoms with van der Waals surface area (Å²) in [7, 11) is 0. The van der Waals surface area contributed by atoms with Gasteiger partial charge in [0.1, 0.15) is 11.3 Å². The summed E-state index contributed by atoms with van der Waals surface area (Å²) in [5.41, 5.74) is 3.28. The van der Waals surface area contributed by atoms with Crippen LogP contribution < -0.4 is 10.4 Å². The predicted octanol–water partition coefficient (Wildman–Crippen LogP) is 4.77. The molecule has 0 spiro atoms. The molecule has 0 aliphatic rings. The summed E-state index contributed by atoms with van der Waals surface area (Å²) >= 11 is 0. The molecular weight excluding hydrogens is 280 g/mol. The van der Waals surface area contributed by atoms with Gasteiger partial charge in [0.05, 0.1) is 0 Å². The summed E-state index contributed by atoms with van der Waals surface area (Å²) in [6, 6.07) is 19.0. The lowest BCUT2D eigenvalue weighted by molar-refractivity contribution is 0.632. The molecule has 0 saturated carbocycles. The summed E-state index contributed by atoms with van der Waals surface area (Å²) in [6.45, 7) is 8.28. The fourth-order valence-electron chi connectivity index (χ4n) is 3.20. The van der Waals surface area contributed by atoms with Crippen molar-refractivity contribution in [1.82, 2.24) is 0 Å². The number of hydrogen-bond donors (Lipinski definition) is 0. The van der Waals surface area contributed by atoms with E-state index in [0.717, 1.165) is 27.5 Å². The Morgan fingerprint density at radius 2 is 1.61 bits per heavy atom. The zero-order chi connectivity index (χ0) is 16.0. The monoisotopic (exact) mass is 298 g/mol.